The molecule has 1 unspecified atom stereocenters. The van der Waals surface area contributed by atoms with Crippen LogP contribution < -0.4 is 5.23 Å². The molecular formula is C18H13N3O2S. The second-order valence-electron chi connectivity index (χ2n) is 5.26. The SMILES string of the molecule is [O-][NH+](O)c1ccc(Sc2c3ccccc3nc3ccccc23)cn1. The minimum Gasteiger partial charge on any atom is -0.594 e. The number of rotatable bonds is 3. The molecule has 0 amide bonds. The number of fused-ring (bicyclic) bond motifs is 2. The van der Waals surface area contributed by atoms with Gasteiger partial charge in [0.2, 0.25) is 0 Å². The maximum Gasteiger partial charge on any atom is 0.258 e. The summed E-state index contributed by atoms with van der Waals surface area (Å²) in [7, 11) is 0. The van der Waals surface area contributed by atoms with E-state index in [9.17, 15) is 5.21 Å². The summed E-state index contributed by atoms with van der Waals surface area (Å²) in [6.07, 6.45) is 1.60. The highest BCUT2D eigenvalue weighted by atomic mass is 32.2. The Morgan fingerprint density at radius 2 is 1.50 bits per heavy atom. The van der Waals surface area contributed by atoms with Crippen LogP contribution in [0.25, 0.3) is 21.8 Å². The van der Waals surface area contributed by atoms with Gasteiger partial charge in [-0.2, -0.15) is 5.23 Å². The number of nitrogens with zero attached hydrogens (tertiary/aromatic N) is 2. The van der Waals surface area contributed by atoms with Crippen molar-refractivity contribution in [2.45, 2.75) is 9.79 Å². The van der Waals surface area contributed by atoms with Gasteiger partial charge in [-0.3, -0.25) is 0 Å². The Bertz CT molecular complexity index is 966. The van der Waals surface area contributed by atoms with Crippen LogP contribution in [-0.4, -0.2) is 15.2 Å². The Hall–Kier alpha value is -2.51. The van der Waals surface area contributed by atoms with E-state index in [0.29, 0.717) is 0 Å². The third-order valence-corrected chi connectivity index (χ3v) is 4.83. The molecule has 0 saturated heterocycles. The van der Waals surface area contributed by atoms with E-state index in [1.54, 1.807) is 24.0 Å². The van der Waals surface area contributed by atoms with Crippen LogP contribution in [0.4, 0.5) is 5.82 Å². The van der Waals surface area contributed by atoms with Gasteiger partial charge in [-0.1, -0.05) is 48.2 Å². The fourth-order valence-electron chi connectivity index (χ4n) is 2.60. The van der Waals surface area contributed by atoms with Crippen molar-refractivity contribution in [1.29, 1.82) is 0 Å². The molecule has 0 fully saturated rings. The first kappa shape index (κ1) is 15.0. The van der Waals surface area contributed by atoms with Gasteiger partial charge in [0.05, 0.1) is 11.0 Å². The molecule has 2 aromatic carbocycles. The van der Waals surface area contributed by atoms with Crippen LogP contribution in [0.5, 0.6) is 0 Å². The van der Waals surface area contributed by atoms with Crippen molar-refractivity contribution in [3.05, 3.63) is 72.1 Å². The summed E-state index contributed by atoms with van der Waals surface area (Å²) in [5.41, 5.74) is 1.88. The van der Waals surface area contributed by atoms with E-state index in [1.807, 2.05) is 36.4 Å². The van der Waals surface area contributed by atoms with E-state index in [0.717, 1.165) is 31.6 Å². The average molecular weight is 335 g/mol. The summed E-state index contributed by atoms with van der Waals surface area (Å²) in [6.45, 7) is 0. The van der Waals surface area contributed by atoms with Crippen LogP contribution in [0.3, 0.4) is 0 Å². The predicted molar refractivity (Wildman–Crippen MR) is 93.4 cm³/mol. The van der Waals surface area contributed by atoms with Crippen molar-refractivity contribution >= 4 is 39.4 Å². The van der Waals surface area contributed by atoms with E-state index in [-0.39, 0.29) is 5.82 Å². The molecule has 0 spiro atoms. The number of benzene rings is 2. The van der Waals surface area contributed by atoms with Crippen LogP contribution in [0.1, 0.15) is 0 Å². The number of hydrogen-bond donors (Lipinski definition) is 2. The zero-order chi connectivity index (χ0) is 16.5. The standard InChI is InChI=1S/C18H13N3O2S/c22-21(23)17-10-9-12(11-19-17)24-18-13-5-1-3-7-15(13)20-16-8-4-2-6-14(16)18/h1-11,21-22H. The van der Waals surface area contributed by atoms with Gasteiger partial charge in [-0.15, -0.1) is 0 Å². The average Bonchev–Trinajstić information content (AvgIpc) is 2.62. The molecule has 4 rings (SSSR count). The highest BCUT2D eigenvalue weighted by Crippen LogP contribution is 2.38. The molecule has 24 heavy (non-hydrogen) atoms. The van der Waals surface area contributed by atoms with E-state index in [1.165, 1.54) is 6.07 Å². The largest absolute Gasteiger partial charge is 0.594 e. The summed E-state index contributed by atoms with van der Waals surface area (Å²) >= 11 is 1.57. The molecule has 0 aliphatic carbocycles. The number of hydrogen-bond acceptors (Lipinski definition) is 5. The molecule has 4 aromatic rings. The second kappa shape index (κ2) is 6.18. The van der Waals surface area contributed by atoms with E-state index < -0.39 is 5.23 Å². The van der Waals surface area contributed by atoms with E-state index in [2.05, 4.69) is 17.1 Å². The van der Waals surface area contributed by atoms with E-state index >= 15 is 0 Å². The lowest BCUT2D eigenvalue weighted by Crippen LogP contribution is -2.99. The first-order valence-electron chi connectivity index (χ1n) is 7.37. The normalized spacial score (nSPS) is 12.6. The minimum atomic E-state index is -1.02. The number of nitrogens with one attached hydrogen (secondary N) is 1. The summed E-state index contributed by atoms with van der Waals surface area (Å²) in [6, 6.07) is 19.3. The molecule has 0 aliphatic rings. The number of pyridine rings is 2. The predicted octanol–water partition coefficient (Wildman–Crippen LogP) is 3.34. The molecule has 2 aromatic heterocycles. The molecule has 0 radical (unpaired) electrons. The van der Waals surface area contributed by atoms with Gasteiger partial charge in [0.15, 0.2) is 0 Å². The summed E-state index contributed by atoms with van der Waals surface area (Å²) in [5.74, 6) is 0.0452. The number of para-hydroxylation sites is 2. The maximum atomic E-state index is 10.9. The lowest BCUT2D eigenvalue weighted by atomic mass is 10.1. The first-order valence-corrected chi connectivity index (χ1v) is 8.19. The third kappa shape index (κ3) is 2.72. The zero-order valence-corrected chi connectivity index (χ0v) is 13.3. The fourth-order valence-corrected chi connectivity index (χ4v) is 3.64. The van der Waals surface area contributed by atoms with E-state index in [4.69, 9.17) is 10.2 Å². The first-order chi connectivity index (χ1) is 11.7. The van der Waals surface area contributed by atoms with Gasteiger partial charge in [0.1, 0.15) is 0 Å². The van der Waals surface area contributed by atoms with Crippen molar-refractivity contribution in [2.24, 2.45) is 0 Å². The molecule has 1 atom stereocenters. The summed E-state index contributed by atoms with van der Waals surface area (Å²) in [4.78, 5) is 10.7. The Labute approximate surface area is 142 Å². The molecule has 0 aliphatic heterocycles. The molecule has 6 heteroatoms. The number of quaternary nitrogens is 1. The Balaban J connectivity index is 1.87. The third-order valence-electron chi connectivity index (χ3n) is 3.71. The van der Waals surface area contributed by atoms with Crippen molar-refractivity contribution < 1.29 is 10.4 Å². The van der Waals surface area contributed by atoms with Gasteiger partial charge in [0.25, 0.3) is 5.82 Å². The van der Waals surface area contributed by atoms with Crippen LogP contribution in [0.15, 0.2) is 76.7 Å². The van der Waals surface area contributed by atoms with Crippen molar-refractivity contribution in [2.75, 3.05) is 0 Å². The molecule has 118 valence electrons. The highest BCUT2D eigenvalue weighted by Gasteiger charge is 2.11. The quantitative estimate of drug-likeness (QED) is 0.444. The Morgan fingerprint density at radius 3 is 2.04 bits per heavy atom. The lowest BCUT2D eigenvalue weighted by Gasteiger charge is -2.12. The molecule has 5 nitrogen and oxygen atoms in total. The fraction of sp³-hybridized carbons (Fsp3) is 0. The monoisotopic (exact) mass is 335 g/mol. The molecule has 2 N–H and O–H groups in total. The Morgan fingerprint density at radius 1 is 0.875 bits per heavy atom. The summed E-state index contributed by atoms with van der Waals surface area (Å²) in [5, 5.41) is 21.0. The molecule has 0 bridgehead atoms. The maximum absolute atomic E-state index is 10.9. The molecule has 0 saturated carbocycles. The van der Waals surface area contributed by atoms with Crippen molar-refractivity contribution in [1.82, 2.24) is 9.97 Å². The van der Waals surface area contributed by atoms with Crippen molar-refractivity contribution in [3.8, 4) is 0 Å². The van der Waals surface area contributed by atoms with Crippen molar-refractivity contribution in [3.63, 3.8) is 0 Å². The smallest absolute Gasteiger partial charge is 0.258 e. The summed E-state index contributed by atoms with van der Waals surface area (Å²) < 4.78 is 0. The van der Waals surface area contributed by atoms with Gasteiger partial charge < -0.3 is 5.21 Å². The van der Waals surface area contributed by atoms with Crippen LogP contribution in [-0.2, 0) is 0 Å². The molecular weight excluding hydrogens is 322 g/mol. The van der Waals surface area contributed by atoms with Gasteiger partial charge in [-0.05, 0) is 18.2 Å². The van der Waals surface area contributed by atoms with Gasteiger partial charge >= 0.3 is 0 Å². The lowest BCUT2D eigenvalue weighted by molar-refractivity contribution is -0.993. The van der Waals surface area contributed by atoms with Crippen LogP contribution >= 0.6 is 11.8 Å². The van der Waals surface area contributed by atoms with Gasteiger partial charge in [0, 0.05) is 32.8 Å². The second-order valence-corrected chi connectivity index (χ2v) is 6.35. The highest BCUT2D eigenvalue weighted by molar-refractivity contribution is 7.99. The molecule has 2 heterocycles. The van der Waals surface area contributed by atoms with Crippen LogP contribution in [0.2, 0.25) is 0 Å². The Kier molecular flexibility index (Phi) is 3.87. The zero-order valence-electron chi connectivity index (χ0n) is 12.5. The topological polar surface area (TPSA) is 73.5 Å². The minimum absolute atomic E-state index is 0.0452. The van der Waals surface area contributed by atoms with Gasteiger partial charge in [-0.25, -0.2) is 15.2 Å². The van der Waals surface area contributed by atoms with Crippen LogP contribution in [0, 0.1) is 5.21 Å². The number of aromatic nitrogens is 2.